The number of hydrogen-bond donors (Lipinski definition) is 1. The van der Waals surface area contributed by atoms with Crippen LogP contribution in [0, 0.1) is 0 Å². The summed E-state index contributed by atoms with van der Waals surface area (Å²) in [6.07, 6.45) is 36.1. The predicted molar refractivity (Wildman–Crippen MR) is 179 cm³/mol. The van der Waals surface area contributed by atoms with Crippen molar-refractivity contribution in [2.24, 2.45) is 0 Å². The molecule has 0 aliphatic rings. The fourth-order valence-electron chi connectivity index (χ4n) is 5.13. The standard InChI is InChI=1S/C37H69NO3/c1-6-9-12-15-18-21-24-27-30-35(41-36(39)31-34-38(4)5)37(40,32-28-25-22-19-16-13-10-7-2)33-29-26-23-20-17-14-11-8-3/h18-23,35,40H,6-17,24-34H2,1-5H3/b21-18-,22-19-,23-20-. The maximum atomic E-state index is 12.8. The fourth-order valence-corrected chi connectivity index (χ4v) is 5.13. The second kappa shape index (κ2) is 28.7. The highest BCUT2D eigenvalue weighted by atomic mass is 16.6. The molecule has 1 unspecified atom stereocenters. The first-order valence-corrected chi connectivity index (χ1v) is 17.4. The first-order chi connectivity index (χ1) is 19.9. The molecule has 41 heavy (non-hydrogen) atoms. The van der Waals surface area contributed by atoms with Crippen LogP contribution in [0.5, 0.6) is 0 Å². The zero-order valence-electron chi connectivity index (χ0n) is 28.0. The highest BCUT2D eigenvalue weighted by molar-refractivity contribution is 5.69. The van der Waals surface area contributed by atoms with E-state index in [1.165, 1.54) is 57.8 Å². The highest BCUT2D eigenvalue weighted by Crippen LogP contribution is 2.31. The van der Waals surface area contributed by atoms with Crippen LogP contribution in [0.4, 0.5) is 0 Å². The fraction of sp³-hybridized carbons (Fsp3) is 0.811. The lowest BCUT2D eigenvalue weighted by Crippen LogP contribution is -2.45. The summed E-state index contributed by atoms with van der Waals surface area (Å²) >= 11 is 0. The average Bonchev–Trinajstić information content (AvgIpc) is 2.95. The van der Waals surface area contributed by atoms with Crippen LogP contribution in [0.2, 0.25) is 0 Å². The van der Waals surface area contributed by atoms with Gasteiger partial charge in [0.05, 0.1) is 6.42 Å². The van der Waals surface area contributed by atoms with Crippen molar-refractivity contribution in [1.82, 2.24) is 4.90 Å². The van der Waals surface area contributed by atoms with Gasteiger partial charge in [-0.2, -0.15) is 0 Å². The Labute approximate surface area is 256 Å². The largest absolute Gasteiger partial charge is 0.459 e. The van der Waals surface area contributed by atoms with Crippen molar-refractivity contribution in [2.45, 2.75) is 174 Å². The number of carbonyl (C=O) groups is 1. The number of esters is 1. The van der Waals surface area contributed by atoms with E-state index >= 15 is 0 Å². The van der Waals surface area contributed by atoms with Gasteiger partial charge in [-0.15, -0.1) is 0 Å². The Morgan fingerprint density at radius 1 is 0.659 bits per heavy atom. The van der Waals surface area contributed by atoms with Gasteiger partial charge in [0.2, 0.25) is 0 Å². The predicted octanol–water partition coefficient (Wildman–Crippen LogP) is 10.5. The van der Waals surface area contributed by atoms with Crippen LogP contribution in [0.15, 0.2) is 36.5 Å². The van der Waals surface area contributed by atoms with Gasteiger partial charge in [-0.3, -0.25) is 4.79 Å². The number of ether oxygens (including phenoxy) is 1. The Balaban J connectivity index is 5.31. The van der Waals surface area contributed by atoms with Gasteiger partial charge in [-0.25, -0.2) is 0 Å². The van der Waals surface area contributed by atoms with E-state index in [-0.39, 0.29) is 5.97 Å². The molecule has 0 aliphatic carbocycles. The molecule has 0 bridgehead atoms. The molecule has 0 rings (SSSR count). The summed E-state index contributed by atoms with van der Waals surface area (Å²) in [7, 11) is 3.94. The Morgan fingerprint density at radius 3 is 1.44 bits per heavy atom. The Bertz CT molecular complexity index is 641. The summed E-state index contributed by atoms with van der Waals surface area (Å²) in [5.41, 5.74) is -0.981. The highest BCUT2D eigenvalue weighted by Gasteiger charge is 2.38. The number of unbranched alkanes of at least 4 members (excludes halogenated alkanes) is 12. The monoisotopic (exact) mass is 576 g/mol. The number of nitrogens with zero attached hydrogens (tertiary/aromatic N) is 1. The van der Waals surface area contributed by atoms with E-state index < -0.39 is 11.7 Å². The minimum Gasteiger partial charge on any atom is -0.459 e. The summed E-state index contributed by atoms with van der Waals surface area (Å²) in [5.74, 6) is -0.191. The molecule has 1 N–H and O–H groups in total. The summed E-state index contributed by atoms with van der Waals surface area (Å²) < 4.78 is 6.09. The molecule has 0 amide bonds. The molecule has 4 heteroatoms. The van der Waals surface area contributed by atoms with Crippen LogP contribution in [-0.4, -0.2) is 48.3 Å². The van der Waals surface area contributed by atoms with E-state index in [1.807, 2.05) is 19.0 Å². The van der Waals surface area contributed by atoms with Crippen molar-refractivity contribution in [3.63, 3.8) is 0 Å². The van der Waals surface area contributed by atoms with Gasteiger partial charge in [-0.05, 0) is 110 Å². The van der Waals surface area contributed by atoms with Crippen LogP contribution in [0.25, 0.3) is 0 Å². The molecular formula is C37H69NO3. The van der Waals surface area contributed by atoms with Gasteiger partial charge < -0.3 is 14.7 Å². The number of aliphatic hydroxyl groups is 1. The van der Waals surface area contributed by atoms with E-state index in [0.717, 1.165) is 57.8 Å². The van der Waals surface area contributed by atoms with E-state index in [0.29, 0.717) is 32.2 Å². The average molecular weight is 576 g/mol. The van der Waals surface area contributed by atoms with Gasteiger partial charge in [0.1, 0.15) is 11.7 Å². The third kappa shape index (κ3) is 24.9. The van der Waals surface area contributed by atoms with E-state index in [4.69, 9.17) is 4.74 Å². The van der Waals surface area contributed by atoms with E-state index in [9.17, 15) is 9.90 Å². The topological polar surface area (TPSA) is 49.8 Å². The molecule has 0 aromatic heterocycles. The van der Waals surface area contributed by atoms with Crippen LogP contribution >= 0.6 is 0 Å². The normalized spacial score (nSPS) is 13.3. The second-order valence-corrected chi connectivity index (χ2v) is 12.3. The Hall–Kier alpha value is -1.39. The van der Waals surface area contributed by atoms with Gasteiger partial charge in [-0.1, -0.05) is 95.8 Å². The SMILES string of the molecule is CCCCC/C=C\CCCC(OC(=O)CCN(C)C)C(O)(CCC/C=C\CCCCC)CCC/C=C\CCCCC. The molecule has 0 saturated heterocycles. The minimum atomic E-state index is -0.981. The summed E-state index contributed by atoms with van der Waals surface area (Å²) in [6.45, 7) is 7.37. The lowest BCUT2D eigenvalue weighted by molar-refractivity contribution is -0.169. The maximum Gasteiger partial charge on any atom is 0.307 e. The molecule has 0 aliphatic heterocycles. The van der Waals surface area contributed by atoms with Gasteiger partial charge in [0.15, 0.2) is 0 Å². The smallest absolute Gasteiger partial charge is 0.307 e. The third-order valence-electron chi connectivity index (χ3n) is 7.86. The molecule has 0 aromatic rings. The first kappa shape index (κ1) is 39.6. The van der Waals surface area contributed by atoms with Crippen molar-refractivity contribution in [3.8, 4) is 0 Å². The van der Waals surface area contributed by atoms with Crippen molar-refractivity contribution >= 4 is 5.97 Å². The zero-order valence-corrected chi connectivity index (χ0v) is 28.0. The molecule has 0 saturated carbocycles. The summed E-state index contributed by atoms with van der Waals surface area (Å²) in [6, 6.07) is 0. The molecule has 4 nitrogen and oxygen atoms in total. The Morgan fingerprint density at radius 2 is 1.05 bits per heavy atom. The van der Waals surface area contributed by atoms with Gasteiger partial charge in [0, 0.05) is 6.54 Å². The Kier molecular flexibility index (Phi) is 27.7. The number of carbonyl (C=O) groups excluding carboxylic acids is 1. The van der Waals surface area contributed by atoms with Gasteiger partial charge >= 0.3 is 5.97 Å². The summed E-state index contributed by atoms with van der Waals surface area (Å²) in [5, 5.41) is 12.1. The first-order valence-electron chi connectivity index (χ1n) is 17.4. The van der Waals surface area contributed by atoms with Crippen molar-refractivity contribution in [2.75, 3.05) is 20.6 Å². The van der Waals surface area contributed by atoms with Crippen molar-refractivity contribution in [3.05, 3.63) is 36.5 Å². The molecule has 0 radical (unpaired) electrons. The molecule has 0 aromatic carbocycles. The van der Waals surface area contributed by atoms with E-state index in [1.54, 1.807) is 0 Å². The van der Waals surface area contributed by atoms with Crippen molar-refractivity contribution < 1.29 is 14.6 Å². The molecule has 0 fully saturated rings. The van der Waals surface area contributed by atoms with Crippen LogP contribution in [-0.2, 0) is 9.53 Å². The number of allylic oxidation sites excluding steroid dienone is 6. The van der Waals surface area contributed by atoms with E-state index in [2.05, 4.69) is 57.2 Å². The van der Waals surface area contributed by atoms with Gasteiger partial charge in [0.25, 0.3) is 0 Å². The molecule has 0 heterocycles. The lowest BCUT2D eigenvalue weighted by Gasteiger charge is -2.36. The summed E-state index contributed by atoms with van der Waals surface area (Å²) in [4.78, 5) is 14.9. The molecule has 240 valence electrons. The lowest BCUT2D eigenvalue weighted by atomic mass is 9.83. The van der Waals surface area contributed by atoms with Crippen LogP contribution < -0.4 is 0 Å². The second-order valence-electron chi connectivity index (χ2n) is 12.3. The number of hydrogen-bond acceptors (Lipinski definition) is 4. The molecule has 1 atom stereocenters. The van der Waals surface area contributed by atoms with Crippen molar-refractivity contribution in [1.29, 1.82) is 0 Å². The zero-order chi connectivity index (χ0) is 30.4. The third-order valence-corrected chi connectivity index (χ3v) is 7.86. The number of rotatable bonds is 29. The quantitative estimate of drug-likeness (QED) is 0.0547. The molecule has 0 spiro atoms. The minimum absolute atomic E-state index is 0.191. The van der Waals surface area contributed by atoms with Crippen LogP contribution in [0.3, 0.4) is 0 Å². The maximum absolute atomic E-state index is 12.8. The van der Waals surface area contributed by atoms with Crippen LogP contribution in [0.1, 0.15) is 162 Å². The molecular weight excluding hydrogens is 506 g/mol.